The molecule has 2 heterocycles. The number of benzene rings is 2. The van der Waals surface area contributed by atoms with Gasteiger partial charge in [0.2, 0.25) is 11.9 Å². The molecule has 30 heavy (non-hydrogen) atoms. The molecule has 6 nitrogen and oxygen atoms in total. The molecule has 0 fully saturated rings. The first-order valence-electron chi connectivity index (χ1n) is 9.97. The Morgan fingerprint density at radius 2 is 1.87 bits per heavy atom. The monoisotopic (exact) mass is 421 g/mol. The van der Waals surface area contributed by atoms with Gasteiger partial charge in [-0.2, -0.15) is 4.98 Å². The Morgan fingerprint density at radius 1 is 1.17 bits per heavy atom. The van der Waals surface area contributed by atoms with E-state index in [0.29, 0.717) is 23.3 Å². The molecule has 0 radical (unpaired) electrons. The van der Waals surface area contributed by atoms with Crippen LogP contribution in [0.3, 0.4) is 0 Å². The van der Waals surface area contributed by atoms with Gasteiger partial charge in [0.25, 0.3) is 5.95 Å². The standard InChI is InChI=1S/C23H24ClN5O/c1-14(2)12-21(30)26-22-27-23-25-19(16-6-4-15(3)5-7-16)13-20(29(23)28-22)17-8-10-18(24)11-9-17/h4-11,13-14,20H,12H2,1-3H3,(H2,25,26,27,28,30). The number of rotatable bonds is 5. The predicted octanol–water partition coefficient (Wildman–Crippen LogP) is 5.28. The van der Waals surface area contributed by atoms with Crippen LogP contribution in [0.25, 0.3) is 5.70 Å². The van der Waals surface area contributed by atoms with E-state index < -0.39 is 0 Å². The zero-order valence-electron chi connectivity index (χ0n) is 17.2. The maximum Gasteiger partial charge on any atom is 0.250 e. The molecule has 1 unspecified atom stereocenters. The van der Waals surface area contributed by atoms with Crippen molar-refractivity contribution < 1.29 is 4.79 Å². The fourth-order valence-electron chi connectivity index (χ4n) is 3.39. The molecule has 0 saturated heterocycles. The first kappa shape index (κ1) is 20.2. The molecule has 0 bridgehead atoms. The van der Waals surface area contributed by atoms with E-state index in [1.165, 1.54) is 5.56 Å². The minimum Gasteiger partial charge on any atom is -0.324 e. The normalized spacial score (nSPS) is 15.4. The Bertz CT molecular complexity index is 1080. The van der Waals surface area contributed by atoms with Crippen LogP contribution in [0, 0.1) is 12.8 Å². The van der Waals surface area contributed by atoms with E-state index in [-0.39, 0.29) is 17.9 Å². The van der Waals surface area contributed by atoms with E-state index >= 15 is 0 Å². The molecule has 4 rings (SSSR count). The van der Waals surface area contributed by atoms with Gasteiger partial charge >= 0.3 is 0 Å². The molecule has 2 N–H and O–H groups in total. The maximum absolute atomic E-state index is 12.2. The average molecular weight is 422 g/mol. The number of carbonyl (C=O) groups excluding carboxylic acids is 1. The summed E-state index contributed by atoms with van der Waals surface area (Å²) in [6.07, 6.45) is 2.53. The van der Waals surface area contributed by atoms with Gasteiger partial charge in [-0.3, -0.25) is 10.1 Å². The van der Waals surface area contributed by atoms with Crippen molar-refractivity contribution in [1.82, 2.24) is 14.8 Å². The summed E-state index contributed by atoms with van der Waals surface area (Å²) in [5, 5.41) is 11.4. The second-order valence-corrected chi connectivity index (χ2v) is 8.35. The van der Waals surface area contributed by atoms with Crippen molar-refractivity contribution >= 4 is 35.1 Å². The Morgan fingerprint density at radius 3 is 2.53 bits per heavy atom. The Labute approximate surface area is 181 Å². The molecular formula is C23H24ClN5O. The van der Waals surface area contributed by atoms with E-state index in [1.54, 1.807) is 4.68 Å². The fraction of sp³-hybridized carbons (Fsp3) is 0.261. The van der Waals surface area contributed by atoms with Gasteiger partial charge in [0.15, 0.2) is 0 Å². The second kappa shape index (κ2) is 8.32. The maximum atomic E-state index is 12.2. The molecule has 0 aliphatic carbocycles. The molecule has 0 spiro atoms. The first-order chi connectivity index (χ1) is 14.4. The lowest BCUT2D eigenvalue weighted by atomic mass is 10.0. The highest BCUT2D eigenvalue weighted by Crippen LogP contribution is 2.33. The number of carbonyl (C=O) groups is 1. The molecule has 1 aliphatic rings. The van der Waals surface area contributed by atoms with Crippen molar-refractivity contribution in [2.45, 2.75) is 33.2 Å². The number of hydrogen-bond acceptors (Lipinski definition) is 4. The number of anilines is 2. The Balaban J connectivity index is 1.71. The van der Waals surface area contributed by atoms with Crippen LogP contribution in [0.5, 0.6) is 0 Å². The molecule has 2 aromatic carbocycles. The molecule has 1 amide bonds. The third-order valence-electron chi connectivity index (χ3n) is 4.88. The van der Waals surface area contributed by atoms with Crippen LogP contribution >= 0.6 is 11.6 Å². The summed E-state index contributed by atoms with van der Waals surface area (Å²) in [4.78, 5) is 16.7. The number of nitrogens with zero attached hydrogens (tertiary/aromatic N) is 3. The summed E-state index contributed by atoms with van der Waals surface area (Å²) in [7, 11) is 0. The van der Waals surface area contributed by atoms with Crippen LogP contribution < -0.4 is 10.6 Å². The minimum atomic E-state index is -0.182. The van der Waals surface area contributed by atoms with Crippen LogP contribution in [0.15, 0.2) is 54.6 Å². The number of nitrogens with one attached hydrogen (secondary N) is 2. The molecule has 3 aromatic rings. The van der Waals surface area contributed by atoms with E-state index in [2.05, 4.69) is 58.0 Å². The van der Waals surface area contributed by atoms with Crippen LogP contribution in [-0.2, 0) is 4.79 Å². The Hall–Kier alpha value is -3.12. The summed E-state index contributed by atoms with van der Waals surface area (Å²) in [6, 6.07) is 15.8. The lowest BCUT2D eigenvalue weighted by Crippen LogP contribution is -2.20. The van der Waals surface area contributed by atoms with Gasteiger partial charge in [0.1, 0.15) is 6.04 Å². The third kappa shape index (κ3) is 4.39. The molecule has 154 valence electrons. The fourth-order valence-corrected chi connectivity index (χ4v) is 3.52. The second-order valence-electron chi connectivity index (χ2n) is 7.92. The molecule has 7 heteroatoms. The summed E-state index contributed by atoms with van der Waals surface area (Å²) >= 11 is 6.08. The van der Waals surface area contributed by atoms with Crippen LogP contribution in [-0.4, -0.2) is 20.7 Å². The largest absolute Gasteiger partial charge is 0.324 e. The molecular weight excluding hydrogens is 398 g/mol. The number of allylic oxidation sites excluding steroid dienone is 1. The lowest BCUT2D eigenvalue weighted by Gasteiger charge is -2.24. The molecule has 1 aromatic heterocycles. The van der Waals surface area contributed by atoms with Gasteiger partial charge in [0.05, 0.1) is 0 Å². The van der Waals surface area contributed by atoms with Gasteiger partial charge in [-0.1, -0.05) is 67.4 Å². The molecule has 1 aliphatic heterocycles. The number of aryl methyl sites for hydroxylation is 1. The molecule has 1 atom stereocenters. The lowest BCUT2D eigenvalue weighted by molar-refractivity contribution is -0.116. The van der Waals surface area contributed by atoms with Crippen molar-refractivity contribution in [2.75, 3.05) is 10.6 Å². The van der Waals surface area contributed by atoms with Crippen LogP contribution in [0.2, 0.25) is 5.02 Å². The number of hydrogen-bond donors (Lipinski definition) is 2. The van der Waals surface area contributed by atoms with Crippen LogP contribution in [0.1, 0.15) is 43.0 Å². The first-order valence-corrected chi connectivity index (χ1v) is 10.3. The summed E-state index contributed by atoms with van der Waals surface area (Å²) in [5.41, 5.74) is 4.22. The molecule has 0 saturated carbocycles. The summed E-state index contributed by atoms with van der Waals surface area (Å²) < 4.78 is 1.78. The zero-order chi connectivity index (χ0) is 21.3. The van der Waals surface area contributed by atoms with Crippen molar-refractivity contribution in [3.63, 3.8) is 0 Å². The number of aromatic nitrogens is 3. The smallest absolute Gasteiger partial charge is 0.250 e. The topological polar surface area (TPSA) is 71.8 Å². The van der Waals surface area contributed by atoms with E-state index in [4.69, 9.17) is 11.6 Å². The summed E-state index contributed by atoms with van der Waals surface area (Å²) in [5.74, 6) is 1.04. The number of halogens is 1. The van der Waals surface area contributed by atoms with Gasteiger partial charge < -0.3 is 5.32 Å². The van der Waals surface area contributed by atoms with Gasteiger partial charge in [0, 0.05) is 17.1 Å². The van der Waals surface area contributed by atoms with E-state index in [1.807, 2.05) is 38.1 Å². The van der Waals surface area contributed by atoms with Crippen molar-refractivity contribution in [1.29, 1.82) is 0 Å². The van der Waals surface area contributed by atoms with Crippen molar-refractivity contribution in [3.05, 3.63) is 76.3 Å². The van der Waals surface area contributed by atoms with Crippen molar-refractivity contribution in [3.8, 4) is 0 Å². The number of amides is 1. The highest BCUT2D eigenvalue weighted by Gasteiger charge is 2.26. The summed E-state index contributed by atoms with van der Waals surface area (Å²) in [6.45, 7) is 6.06. The van der Waals surface area contributed by atoms with E-state index in [9.17, 15) is 4.79 Å². The highest BCUT2D eigenvalue weighted by atomic mass is 35.5. The highest BCUT2D eigenvalue weighted by molar-refractivity contribution is 6.30. The average Bonchev–Trinajstić information content (AvgIpc) is 3.10. The van der Waals surface area contributed by atoms with Gasteiger partial charge in [-0.25, -0.2) is 4.68 Å². The zero-order valence-corrected chi connectivity index (χ0v) is 17.9. The van der Waals surface area contributed by atoms with Crippen molar-refractivity contribution in [2.24, 2.45) is 5.92 Å². The van der Waals surface area contributed by atoms with Gasteiger partial charge in [-0.15, -0.1) is 5.10 Å². The predicted molar refractivity (Wildman–Crippen MR) is 120 cm³/mol. The van der Waals surface area contributed by atoms with E-state index in [0.717, 1.165) is 16.8 Å². The SMILES string of the molecule is Cc1ccc(C2=CC(c3ccc(Cl)cc3)n3nc(NC(=O)CC(C)C)nc3N2)cc1. The quantitative estimate of drug-likeness (QED) is 0.587. The minimum absolute atomic E-state index is 0.0947. The number of fused-ring (bicyclic) bond motifs is 1. The third-order valence-corrected chi connectivity index (χ3v) is 5.14. The Kier molecular flexibility index (Phi) is 5.59. The van der Waals surface area contributed by atoms with Gasteiger partial charge in [-0.05, 0) is 42.2 Å². The van der Waals surface area contributed by atoms with Crippen LogP contribution in [0.4, 0.5) is 11.9 Å².